The van der Waals surface area contributed by atoms with Gasteiger partial charge >= 0.3 is 5.97 Å². The standard InChI is InChI=1S/C16H15N3O4S2/c1-19-15(10-12(17-19)13-7-5-9-24-13)18-25(21,22)14-8-4-3-6-11(14)16(20)23-2/h3-10,18H,1-2H3. The SMILES string of the molecule is COC(=O)c1ccccc1S(=O)(=O)Nc1cc(-c2cccs2)nn1C. The Bertz CT molecular complexity index is 1010. The van der Waals surface area contributed by atoms with Crippen LogP contribution in [0.5, 0.6) is 0 Å². The Labute approximate surface area is 148 Å². The predicted molar refractivity (Wildman–Crippen MR) is 95.1 cm³/mol. The zero-order valence-electron chi connectivity index (χ0n) is 13.5. The quantitative estimate of drug-likeness (QED) is 0.691. The number of hydrogen-bond donors (Lipinski definition) is 1. The third-order valence-corrected chi connectivity index (χ3v) is 5.78. The normalized spacial score (nSPS) is 11.3. The molecule has 0 saturated heterocycles. The van der Waals surface area contributed by atoms with Gasteiger partial charge in [0.25, 0.3) is 10.0 Å². The lowest BCUT2D eigenvalue weighted by Crippen LogP contribution is -2.19. The highest BCUT2D eigenvalue weighted by atomic mass is 32.2. The second-order valence-electron chi connectivity index (χ2n) is 5.11. The van der Waals surface area contributed by atoms with Crippen LogP contribution in [0.2, 0.25) is 0 Å². The summed E-state index contributed by atoms with van der Waals surface area (Å²) in [4.78, 5) is 12.6. The van der Waals surface area contributed by atoms with Gasteiger partial charge in [-0.25, -0.2) is 13.2 Å². The second-order valence-corrected chi connectivity index (χ2v) is 7.71. The Morgan fingerprint density at radius 1 is 1.24 bits per heavy atom. The molecule has 1 N–H and O–H groups in total. The van der Waals surface area contributed by atoms with Crippen LogP contribution in [0.25, 0.3) is 10.6 Å². The minimum atomic E-state index is -3.99. The van der Waals surface area contributed by atoms with E-state index < -0.39 is 16.0 Å². The van der Waals surface area contributed by atoms with Gasteiger partial charge in [-0.2, -0.15) is 5.10 Å². The molecular weight excluding hydrogens is 362 g/mol. The van der Waals surface area contributed by atoms with Crippen LogP contribution in [0.15, 0.2) is 52.7 Å². The number of carbonyl (C=O) groups excluding carboxylic acids is 1. The molecule has 0 spiro atoms. The Balaban J connectivity index is 1.97. The number of anilines is 1. The lowest BCUT2D eigenvalue weighted by Gasteiger charge is -2.11. The average Bonchev–Trinajstić information content (AvgIpc) is 3.24. The van der Waals surface area contributed by atoms with Crippen LogP contribution in [-0.4, -0.2) is 31.3 Å². The van der Waals surface area contributed by atoms with Crippen molar-refractivity contribution in [2.24, 2.45) is 7.05 Å². The molecule has 25 heavy (non-hydrogen) atoms. The van der Waals surface area contributed by atoms with Crippen LogP contribution in [0.3, 0.4) is 0 Å². The summed E-state index contributed by atoms with van der Waals surface area (Å²) >= 11 is 1.51. The number of benzene rings is 1. The molecule has 3 aromatic rings. The van der Waals surface area contributed by atoms with Gasteiger partial charge in [-0.05, 0) is 23.6 Å². The van der Waals surface area contributed by atoms with Crippen molar-refractivity contribution in [3.05, 3.63) is 53.4 Å². The zero-order valence-corrected chi connectivity index (χ0v) is 15.1. The number of carbonyl (C=O) groups is 1. The lowest BCUT2D eigenvalue weighted by molar-refractivity contribution is 0.0596. The first-order valence-corrected chi connectivity index (χ1v) is 9.57. The van der Waals surface area contributed by atoms with Gasteiger partial charge in [0.1, 0.15) is 16.4 Å². The van der Waals surface area contributed by atoms with E-state index in [9.17, 15) is 13.2 Å². The van der Waals surface area contributed by atoms with E-state index >= 15 is 0 Å². The maximum atomic E-state index is 12.7. The first-order valence-electron chi connectivity index (χ1n) is 7.20. The fourth-order valence-corrected chi connectivity index (χ4v) is 4.24. The van der Waals surface area contributed by atoms with Crippen molar-refractivity contribution < 1.29 is 17.9 Å². The first-order chi connectivity index (χ1) is 11.9. The fourth-order valence-electron chi connectivity index (χ4n) is 2.28. The molecule has 9 heteroatoms. The molecular formula is C16H15N3O4S2. The number of thiophene rings is 1. The summed E-state index contributed by atoms with van der Waals surface area (Å²) in [7, 11) is -1.14. The summed E-state index contributed by atoms with van der Waals surface area (Å²) in [6, 6.07) is 11.3. The van der Waals surface area contributed by atoms with Crippen molar-refractivity contribution in [2.45, 2.75) is 4.90 Å². The number of rotatable bonds is 5. The number of nitrogens with zero attached hydrogens (tertiary/aromatic N) is 2. The molecule has 3 rings (SSSR count). The molecule has 0 bridgehead atoms. The number of esters is 1. The zero-order chi connectivity index (χ0) is 18.0. The Morgan fingerprint density at radius 3 is 2.68 bits per heavy atom. The van der Waals surface area contributed by atoms with E-state index in [1.807, 2.05) is 17.5 Å². The highest BCUT2D eigenvalue weighted by Crippen LogP contribution is 2.27. The smallest absolute Gasteiger partial charge is 0.339 e. The number of aromatic nitrogens is 2. The summed E-state index contributed by atoms with van der Waals surface area (Å²) < 4.78 is 34.0. The molecule has 0 fully saturated rings. The van der Waals surface area contributed by atoms with E-state index in [4.69, 9.17) is 0 Å². The van der Waals surface area contributed by atoms with Gasteiger partial charge in [0, 0.05) is 13.1 Å². The van der Waals surface area contributed by atoms with Crippen LogP contribution in [0, 0.1) is 0 Å². The third kappa shape index (κ3) is 3.42. The van der Waals surface area contributed by atoms with Crippen molar-refractivity contribution in [2.75, 3.05) is 11.8 Å². The van der Waals surface area contributed by atoms with Crippen LogP contribution >= 0.6 is 11.3 Å². The predicted octanol–water partition coefficient (Wildman–Crippen LogP) is 2.74. The average molecular weight is 377 g/mol. The molecule has 0 amide bonds. The van der Waals surface area contributed by atoms with Crippen LogP contribution in [0.4, 0.5) is 5.82 Å². The highest BCUT2D eigenvalue weighted by Gasteiger charge is 2.24. The number of nitrogens with one attached hydrogen (secondary N) is 1. The number of aryl methyl sites for hydroxylation is 1. The van der Waals surface area contributed by atoms with E-state index in [0.29, 0.717) is 11.5 Å². The van der Waals surface area contributed by atoms with Crippen LogP contribution in [-0.2, 0) is 21.8 Å². The topological polar surface area (TPSA) is 90.3 Å². The molecule has 7 nitrogen and oxygen atoms in total. The maximum absolute atomic E-state index is 12.7. The monoisotopic (exact) mass is 377 g/mol. The molecule has 130 valence electrons. The van der Waals surface area contributed by atoms with Gasteiger partial charge < -0.3 is 4.74 Å². The molecule has 0 saturated carbocycles. The summed E-state index contributed by atoms with van der Waals surface area (Å²) in [5, 5.41) is 6.23. The number of sulfonamides is 1. The summed E-state index contributed by atoms with van der Waals surface area (Å²) in [5.74, 6) is -0.423. The minimum Gasteiger partial charge on any atom is -0.465 e. The molecule has 0 unspecified atom stereocenters. The Hall–Kier alpha value is -2.65. The lowest BCUT2D eigenvalue weighted by atomic mass is 10.2. The summed E-state index contributed by atoms with van der Waals surface area (Å²) in [5.41, 5.74) is 0.634. The van der Waals surface area contributed by atoms with Gasteiger partial charge in [0.05, 0.1) is 17.6 Å². The summed E-state index contributed by atoms with van der Waals surface area (Å²) in [6.07, 6.45) is 0. The molecule has 2 aromatic heterocycles. The number of ether oxygens (including phenoxy) is 1. The van der Waals surface area contributed by atoms with Gasteiger partial charge in [-0.3, -0.25) is 9.40 Å². The van der Waals surface area contributed by atoms with E-state index in [-0.39, 0.29) is 10.5 Å². The van der Waals surface area contributed by atoms with Crippen molar-refractivity contribution in [1.29, 1.82) is 0 Å². The molecule has 2 heterocycles. The van der Waals surface area contributed by atoms with Gasteiger partial charge in [-0.1, -0.05) is 18.2 Å². The molecule has 0 atom stereocenters. The molecule has 1 aromatic carbocycles. The van der Waals surface area contributed by atoms with Crippen molar-refractivity contribution in [3.8, 4) is 10.6 Å². The van der Waals surface area contributed by atoms with E-state index in [2.05, 4.69) is 14.6 Å². The summed E-state index contributed by atoms with van der Waals surface area (Å²) in [6.45, 7) is 0. The third-order valence-electron chi connectivity index (χ3n) is 3.47. The van der Waals surface area contributed by atoms with Gasteiger partial charge in [0.15, 0.2) is 0 Å². The van der Waals surface area contributed by atoms with Gasteiger partial charge in [0.2, 0.25) is 0 Å². The largest absolute Gasteiger partial charge is 0.465 e. The minimum absolute atomic E-state index is 0.0295. The van der Waals surface area contributed by atoms with E-state index in [0.717, 1.165) is 4.88 Å². The fraction of sp³-hybridized carbons (Fsp3) is 0.125. The molecule has 0 aliphatic carbocycles. The molecule has 0 aliphatic rings. The van der Waals surface area contributed by atoms with Crippen LogP contribution in [0.1, 0.15) is 10.4 Å². The first kappa shape index (κ1) is 17.2. The maximum Gasteiger partial charge on any atom is 0.339 e. The van der Waals surface area contributed by atoms with Crippen molar-refractivity contribution >= 4 is 33.1 Å². The van der Waals surface area contributed by atoms with Gasteiger partial charge in [-0.15, -0.1) is 11.3 Å². The Kier molecular flexibility index (Phi) is 4.60. The van der Waals surface area contributed by atoms with E-state index in [1.165, 1.54) is 35.3 Å². The highest BCUT2D eigenvalue weighted by molar-refractivity contribution is 7.92. The van der Waals surface area contributed by atoms with Crippen LogP contribution < -0.4 is 4.72 Å². The number of hydrogen-bond acceptors (Lipinski definition) is 6. The second kappa shape index (κ2) is 6.69. The molecule has 0 radical (unpaired) electrons. The van der Waals surface area contributed by atoms with Crippen molar-refractivity contribution in [1.82, 2.24) is 9.78 Å². The molecule has 0 aliphatic heterocycles. The van der Waals surface area contributed by atoms with E-state index in [1.54, 1.807) is 25.2 Å². The van der Waals surface area contributed by atoms with Crippen molar-refractivity contribution in [3.63, 3.8) is 0 Å². The number of methoxy groups -OCH3 is 1. The Morgan fingerprint density at radius 2 is 2.00 bits per heavy atom.